The third-order valence-corrected chi connectivity index (χ3v) is 6.38. The molecule has 5 rings (SSSR count). The number of pyridine rings is 2. The van der Waals surface area contributed by atoms with Gasteiger partial charge in [-0.2, -0.15) is 0 Å². The molecule has 0 radical (unpaired) electrons. The molecular weight excluding hydrogens is 438 g/mol. The Morgan fingerprint density at radius 1 is 0.971 bits per heavy atom. The first-order valence-corrected chi connectivity index (χ1v) is 11.8. The minimum Gasteiger partial charge on any atom is -0.481 e. The number of nitrogens with zero attached hydrogens (tertiary/aromatic N) is 5. The molecule has 0 N–H and O–H groups in total. The van der Waals surface area contributed by atoms with Gasteiger partial charge in [0.15, 0.2) is 5.43 Å². The summed E-state index contributed by atoms with van der Waals surface area (Å²) in [7, 11) is 3.62. The second kappa shape index (κ2) is 10.1. The summed E-state index contributed by atoms with van der Waals surface area (Å²) < 4.78 is 9.55. The summed E-state index contributed by atoms with van der Waals surface area (Å²) in [6, 6.07) is 19.9. The minimum absolute atomic E-state index is 0.0941. The van der Waals surface area contributed by atoms with Crippen molar-refractivity contribution < 1.29 is 4.74 Å². The van der Waals surface area contributed by atoms with E-state index in [4.69, 9.17) is 4.74 Å². The standard InChI is InChI=1S/C28H29N5O2/c1-31-18-22(28(34)23-8-3-5-10-25(23)31)19-32(17-21-12-13-29-27(16-21)35-2)14-7-15-33-20-30-24-9-4-6-11-26(24)33/h3-6,8-13,16,18,20H,7,14-15,17,19H2,1-2H3. The molecule has 0 atom stereocenters. The molecule has 0 aliphatic carbocycles. The number of rotatable bonds is 9. The van der Waals surface area contributed by atoms with Crippen LogP contribution < -0.4 is 10.2 Å². The SMILES string of the molecule is COc1cc(CN(CCCn2cnc3ccccc32)Cc2cn(C)c3ccccc3c2=O)ccn1. The summed E-state index contributed by atoms with van der Waals surface area (Å²) in [6.07, 6.45) is 6.56. The number of aromatic nitrogens is 4. The van der Waals surface area contributed by atoms with Crippen LogP contribution in [0.5, 0.6) is 5.88 Å². The highest BCUT2D eigenvalue weighted by Gasteiger charge is 2.14. The summed E-state index contributed by atoms with van der Waals surface area (Å²) in [6.45, 7) is 2.94. The predicted octanol–water partition coefficient (Wildman–Crippen LogP) is 4.38. The lowest BCUT2D eigenvalue weighted by Gasteiger charge is -2.23. The number of aryl methyl sites for hydroxylation is 2. The maximum atomic E-state index is 13.3. The summed E-state index contributed by atoms with van der Waals surface area (Å²) in [4.78, 5) is 24.3. The number of hydrogen-bond acceptors (Lipinski definition) is 5. The fourth-order valence-electron chi connectivity index (χ4n) is 4.65. The molecule has 0 spiro atoms. The number of fused-ring (bicyclic) bond motifs is 2. The molecule has 0 aliphatic rings. The van der Waals surface area contributed by atoms with Crippen molar-refractivity contribution in [2.24, 2.45) is 7.05 Å². The van der Waals surface area contributed by atoms with Gasteiger partial charge >= 0.3 is 0 Å². The molecule has 35 heavy (non-hydrogen) atoms. The van der Waals surface area contributed by atoms with Crippen molar-refractivity contribution in [1.82, 2.24) is 24.0 Å². The second-order valence-electron chi connectivity index (χ2n) is 8.81. The van der Waals surface area contributed by atoms with Crippen LogP contribution in [0.3, 0.4) is 0 Å². The van der Waals surface area contributed by atoms with E-state index in [0.717, 1.165) is 52.6 Å². The zero-order valence-electron chi connectivity index (χ0n) is 20.1. The van der Waals surface area contributed by atoms with Gasteiger partial charge in [-0.25, -0.2) is 9.97 Å². The Morgan fingerprint density at radius 2 is 1.77 bits per heavy atom. The van der Waals surface area contributed by atoms with Crippen molar-refractivity contribution >= 4 is 21.9 Å². The van der Waals surface area contributed by atoms with E-state index in [2.05, 4.69) is 25.5 Å². The molecule has 3 heterocycles. The average molecular weight is 468 g/mol. The van der Waals surface area contributed by atoms with Gasteiger partial charge in [-0.1, -0.05) is 24.3 Å². The van der Waals surface area contributed by atoms with Crippen LogP contribution in [0.4, 0.5) is 0 Å². The van der Waals surface area contributed by atoms with Gasteiger partial charge < -0.3 is 13.9 Å². The van der Waals surface area contributed by atoms with Gasteiger partial charge in [0.25, 0.3) is 0 Å². The van der Waals surface area contributed by atoms with Gasteiger partial charge in [-0.15, -0.1) is 0 Å². The van der Waals surface area contributed by atoms with Crippen LogP contribution in [-0.4, -0.2) is 37.7 Å². The van der Waals surface area contributed by atoms with Crippen LogP contribution in [0.25, 0.3) is 21.9 Å². The molecule has 0 saturated heterocycles. The van der Waals surface area contributed by atoms with Crippen molar-refractivity contribution in [3.05, 3.63) is 101 Å². The van der Waals surface area contributed by atoms with Gasteiger partial charge in [-0.05, 0) is 42.3 Å². The number of methoxy groups -OCH3 is 1. The van der Waals surface area contributed by atoms with E-state index < -0.39 is 0 Å². The van der Waals surface area contributed by atoms with Crippen LogP contribution in [0.1, 0.15) is 17.5 Å². The van der Waals surface area contributed by atoms with Gasteiger partial charge in [-0.3, -0.25) is 9.69 Å². The fourth-order valence-corrected chi connectivity index (χ4v) is 4.65. The Kier molecular flexibility index (Phi) is 6.59. The Bertz CT molecular complexity index is 1520. The molecule has 0 amide bonds. The summed E-state index contributed by atoms with van der Waals surface area (Å²) in [5.41, 5.74) is 5.08. The lowest BCUT2D eigenvalue weighted by molar-refractivity contribution is 0.247. The number of benzene rings is 2. The zero-order chi connectivity index (χ0) is 24.2. The Balaban J connectivity index is 1.39. The largest absolute Gasteiger partial charge is 0.481 e. The molecule has 0 bridgehead atoms. The second-order valence-corrected chi connectivity index (χ2v) is 8.81. The highest BCUT2D eigenvalue weighted by atomic mass is 16.5. The van der Waals surface area contributed by atoms with E-state index in [1.165, 1.54) is 0 Å². The van der Waals surface area contributed by atoms with Crippen molar-refractivity contribution in [1.29, 1.82) is 0 Å². The Labute approximate surface area is 204 Å². The van der Waals surface area contributed by atoms with E-state index in [1.807, 2.05) is 78.7 Å². The molecule has 7 heteroatoms. The monoisotopic (exact) mass is 467 g/mol. The molecule has 5 aromatic rings. The van der Waals surface area contributed by atoms with E-state index in [9.17, 15) is 4.79 Å². The minimum atomic E-state index is 0.0941. The molecule has 3 aromatic heterocycles. The molecule has 7 nitrogen and oxygen atoms in total. The van der Waals surface area contributed by atoms with Crippen molar-refractivity contribution in [2.75, 3.05) is 13.7 Å². The smallest absolute Gasteiger partial charge is 0.213 e. The summed E-state index contributed by atoms with van der Waals surface area (Å²) >= 11 is 0. The van der Waals surface area contributed by atoms with Crippen LogP contribution in [0, 0.1) is 0 Å². The lowest BCUT2D eigenvalue weighted by Crippen LogP contribution is -2.28. The molecule has 0 aliphatic heterocycles. The first kappa shape index (κ1) is 22.8. The summed E-state index contributed by atoms with van der Waals surface area (Å²) in [5, 5.41) is 0.753. The van der Waals surface area contributed by atoms with Crippen LogP contribution >= 0.6 is 0 Å². The van der Waals surface area contributed by atoms with Crippen LogP contribution in [0.15, 0.2) is 84.2 Å². The van der Waals surface area contributed by atoms with E-state index in [1.54, 1.807) is 13.3 Å². The fraction of sp³-hybridized carbons (Fsp3) is 0.250. The van der Waals surface area contributed by atoms with E-state index in [-0.39, 0.29) is 5.43 Å². The third-order valence-electron chi connectivity index (χ3n) is 6.38. The van der Waals surface area contributed by atoms with Gasteiger partial charge in [0.05, 0.1) is 30.0 Å². The first-order chi connectivity index (χ1) is 17.1. The van der Waals surface area contributed by atoms with E-state index in [0.29, 0.717) is 19.0 Å². The molecule has 0 fully saturated rings. The number of ether oxygens (including phenoxy) is 1. The molecule has 0 unspecified atom stereocenters. The van der Waals surface area contributed by atoms with Gasteiger partial charge in [0.2, 0.25) is 5.88 Å². The quantitative estimate of drug-likeness (QED) is 0.322. The lowest BCUT2D eigenvalue weighted by atomic mass is 10.1. The molecule has 178 valence electrons. The number of hydrogen-bond donors (Lipinski definition) is 0. The predicted molar refractivity (Wildman–Crippen MR) is 138 cm³/mol. The third kappa shape index (κ3) is 4.95. The van der Waals surface area contributed by atoms with Crippen LogP contribution in [-0.2, 0) is 26.7 Å². The topological polar surface area (TPSA) is 65.2 Å². The molecule has 0 saturated carbocycles. The average Bonchev–Trinajstić information content (AvgIpc) is 3.30. The van der Waals surface area contributed by atoms with Crippen molar-refractivity contribution in [3.63, 3.8) is 0 Å². The Morgan fingerprint density at radius 3 is 2.63 bits per heavy atom. The normalized spacial score (nSPS) is 11.5. The van der Waals surface area contributed by atoms with Crippen molar-refractivity contribution in [3.8, 4) is 5.88 Å². The number of imidazole rings is 1. The maximum Gasteiger partial charge on any atom is 0.213 e. The molecule has 2 aromatic carbocycles. The highest BCUT2D eigenvalue weighted by Crippen LogP contribution is 2.17. The summed E-state index contributed by atoms with van der Waals surface area (Å²) in [5.74, 6) is 0.592. The van der Waals surface area contributed by atoms with Gasteiger partial charge in [0.1, 0.15) is 0 Å². The molecular formula is C28H29N5O2. The number of para-hydroxylation sites is 3. The van der Waals surface area contributed by atoms with Crippen LogP contribution in [0.2, 0.25) is 0 Å². The zero-order valence-corrected chi connectivity index (χ0v) is 20.1. The maximum absolute atomic E-state index is 13.3. The highest BCUT2D eigenvalue weighted by molar-refractivity contribution is 5.79. The first-order valence-electron chi connectivity index (χ1n) is 11.8. The Hall–Kier alpha value is -3.97. The van der Waals surface area contributed by atoms with Crippen molar-refractivity contribution in [2.45, 2.75) is 26.1 Å². The van der Waals surface area contributed by atoms with E-state index >= 15 is 0 Å². The van der Waals surface area contributed by atoms with Gasteiger partial charge in [0, 0.05) is 62.6 Å².